The smallest absolute Gasteiger partial charge is 0.343 e. The maximum absolute atomic E-state index is 12.9. The number of hydrogen-bond acceptors (Lipinski definition) is 9. The third-order valence-electron chi connectivity index (χ3n) is 6.02. The van der Waals surface area contributed by atoms with Crippen LogP contribution in [0.1, 0.15) is 60.7 Å². The molecule has 12 nitrogen and oxygen atoms in total. The van der Waals surface area contributed by atoms with E-state index >= 15 is 0 Å². The minimum Gasteiger partial charge on any atom is -0.481 e. The average molecular weight is 632 g/mol. The standard InChI is InChI=1S/C32H33N3O7.C2H4O2/c1-3-40-32(39)27(17-18-28(36)41-20-23-7-5-4-6-8-23)35-30(37)21(2)19-22-9-11-25(12-10-22)31(38)42-26-15-13-24(14-16-26)29(33)34;1-2(3)4/h4-16,19,27H,3,17-18,20H2,1-2H3,(H3,33,34)(H,35,37);1H3,(H,3,4)/t27-;/m0./s1. The lowest BCUT2D eigenvalue weighted by molar-refractivity contribution is -0.149. The first-order valence-corrected chi connectivity index (χ1v) is 14.2. The summed E-state index contributed by atoms with van der Waals surface area (Å²) in [5, 5.41) is 17.5. The SMILES string of the molecule is CC(=O)O.CCOC(=O)[C@H](CCC(=O)OCc1ccccc1)NC(=O)C(C)=Cc1ccc(C(=O)Oc2ccc(C(=N)N)cc2)cc1. The second-order valence-corrected chi connectivity index (χ2v) is 9.76. The van der Waals surface area contributed by atoms with Gasteiger partial charge in [-0.25, -0.2) is 9.59 Å². The molecule has 0 aromatic heterocycles. The summed E-state index contributed by atoms with van der Waals surface area (Å²) >= 11 is 0. The first-order valence-electron chi connectivity index (χ1n) is 14.2. The molecule has 242 valence electrons. The van der Waals surface area contributed by atoms with E-state index in [0.717, 1.165) is 12.5 Å². The summed E-state index contributed by atoms with van der Waals surface area (Å²) in [7, 11) is 0. The Bertz CT molecular complexity index is 1530. The molecule has 46 heavy (non-hydrogen) atoms. The summed E-state index contributed by atoms with van der Waals surface area (Å²) < 4.78 is 15.7. The van der Waals surface area contributed by atoms with Crippen molar-refractivity contribution in [2.45, 2.75) is 46.3 Å². The molecule has 3 aromatic carbocycles. The van der Waals surface area contributed by atoms with Gasteiger partial charge in [0, 0.05) is 24.5 Å². The predicted octanol–water partition coefficient (Wildman–Crippen LogP) is 4.26. The molecule has 0 aliphatic heterocycles. The molecule has 0 unspecified atom stereocenters. The van der Waals surface area contributed by atoms with Crippen molar-refractivity contribution in [1.82, 2.24) is 5.32 Å². The Labute approximate surface area is 266 Å². The molecule has 3 rings (SSSR count). The molecule has 0 fully saturated rings. The van der Waals surface area contributed by atoms with Crippen molar-refractivity contribution in [1.29, 1.82) is 5.41 Å². The summed E-state index contributed by atoms with van der Waals surface area (Å²) in [6.45, 7) is 4.55. The third-order valence-corrected chi connectivity index (χ3v) is 6.02. The molecule has 1 amide bonds. The van der Waals surface area contributed by atoms with Gasteiger partial charge in [-0.05, 0) is 73.9 Å². The van der Waals surface area contributed by atoms with Gasteiger partial charge < -0.3 is 30.4 Å². The van der Waals surface area contributed by atoms with E-state index in [1.54, 1.807) is 68.5 Å². The monoisotopic (exact) mass is 631 g/mol. The molecule has 5 N–H and O–H groups in total. The first-order chi connectivity index (χ1) is 21.9. The van der Waals surface area contributed by atoms with E-state index in [0.29, 0.717) is 28.0 Å². The van der Waals surface area contributed by atoms with Gasteiger partial charge in [-0.1, -0.05) is 42.5 Å². The molecule has 0 aliphatic rings. The number of hydrogen-bond donors (Lipinski definition) is 4. The highest BCUT2D eigenvalue weighted by Crippen LogP contribution is 2.16. The summed E-state index contributed by atoms with van der Waals surface area (Å²) in [6, 6.07) is 20.9. The molecule has 0 aliphatic carbocycles. The normalized spacial score (nSPS) is 11.2. The Balaban J connectivity index is 0.00000173. The van der Waals surface area contributed by atoms with Crippen LogP contribution in [0.25, 0.3) is 6.08 Å². The van der Waals surface area contributed by atoms with Crippen molar-refractivity contribution < 1.29 is 43.3 Å². The molecule has 0 saturated heterocycles. The van der Waals surface area contributed by atoms with E-state index in [-0.39, 0.29) is 31.9 Å². The Morgan fingerprint density at radius 3 is 2.04 bits per heavy atom. The van der Waals surface area contributed by atoms with Gasteiger partial charge in [-0.15, -0.1) is 0 Å². The van der Waals surface area contributed by atoms with Crippen molar-refractivity contribution in [3.8, 4) is 5.75 Å². The summed E-state index contributed by atoms with van der Waals surface area (Å²) in [5.41, 5.74) is 8.03. The van der Waals surface area contributed by atoms with Gasteiger partial charge in [0.1, 0.15) is 24.2 Å². The molecule has 3 aromatic rings. The van der Waals surface area contributed by atoms with Crippen LogP contribution < -0.4 is 15.8 Å². The number of nitrogens with one attached hydrogen (secondary N) is 2. The van der Waals surface area contributed by atoms with Gasteiger partial charge >= 0.3 is 17.9 Å². The number of carbonyl (C=O) groups is 5. The number of nitrogen functional groups attached to an aromatic ring is 1. The fraction of sp³-hybridized carbons (Fsp3) is 0.235. The van der Waals surface area contributed by atoms with Crippen LogP contribution in [-0.2, 0) is 35.3 Å². The van der Waals surface area contributed by atoms with Crippen molar-refractivity contribution in [3.05, 3.63) is 107 Å². The van der Waals surface area contributed by atoms with Crippen molar-refractivity contribution >= 4 is 41.7 Å². The molecule has 12 heteroatoms. The van der Waals surface area contributed by atoms with Crippen LogP contribution in [-0.4, -0.2) is 53.4 Å². The van der Waals surface area contributed by atoms with Crippen LogP contribution in [0.5, 0.6) is 5.75 Å². The number of esters is 3. The van der Waals surface area contributed by atoms with Crippen molar-refractivity contribution in [2.24, 2.45) is 5.73 Å². The van der Waals surface area contributed by atoms with Gasteiger partial charge in [-0.3, -0.25) is 19.8 Å². The Kier molecular flexibility index (Phi) is 14.9. The molecule has 0 radical (unpaired) electrons. The number of carboxylic acids is 1. The topological polar surface area (TPSA) is 195 Å². The summed E-state index contributed by atoms with van der Waals surface area (Å²) in [4.78, 5) is 59.1. The highest BCUT2D eigenvalue weighted by atomic mass is 16.5. The van der Waals surface area contributed by atoms with Gasteiger partial charge in [0.05, 0.1) is 12.2 Å². The van der Waals surface area contributed by atoms with Crippen LogP contribution in [0.3, 0.4) is 0 Å². The number of ether oxygens (including phenoxy) is 3. The largest absolute Gasteiger partial charge is 0.481 e. The van der Waals surface area contributed by atoms with Crippen LogP contribution in [0.4, 0.5) is 0 Å². The lowest BCUT2D eigenvalue weighted by Gasteiger charge is -2.17. The minimum absolute atomic E-state index is 0.0137. The van der Waals surface area contributed by atoms with E-state index in [9.17, 15) is 19.2 Å². The minimum atomic E-state index is -1.04. The zero-order chi connectivity index (χ0) is 34.1. The van der Waals surface area contributed by atoms with Crippen LogP contribution in [0.15, 0.2) is 84.4 Å². The first kappa shape index (κ1) is 36.4. The van der Waals surface area contributed by atoms with Gasteiger partial charge in [0.2, 0.25) is 5.91 Å². The predicted molar refractivity (Wildman–Crippen MR) is 170 cm³/mol. The Morgan fingerprint density at radius 1 is 0.891 bits per heavy atom. The average Bonchev–Trinajstić information content (AvgIpc) is 3.02. The molecule has 0 heterocycles. The van der Waals surface area contributed by atoms with E-state index in [2.05, 4.69) is 5.32 Å². The second kappa shape index (κ2) is 18.8. The van der Waals surface area contributed by atoms with E-state index in [1.165, 1.54) is 0 Å². The van der Waals surface area contributed by atoms with Crippen molar-refractivity contribution in [2.75, 3.05) is 6.61 Å². The highest BCUT2D eigenvalue weighted by molar-refractivity contribution is 5.99. The number of rotatable bonds is 13. The number of amides is 1. The molecule has 0 saturated carbocycles. The number of carboxylic acid groups (broad SMARTS) is 1. The van der Waals surface area contributed by atoms with Gasteiger partial charge in [0.25, 0.3) is 5.97 Å². The molecular weight excluding hydrogens is 594 g/mol. The van der Waals surface area contributed by atoms with Crippen LogP contribution in [0.2, 0.25) is 0 Å². The van der Waals surface area contributed by atoms with E-state index in [1.807, 2.05) is 30.3 Å². The highest BCUT2D eigenvalue weighted by Gasteiger charge is 2.24. The van der Waals surface area contributed by atoms with Gasteiger partial charge in [0.15, 0.2) is 0 Å². The Hall–Kier alpha value is -5.78. The third kappa shape index (κ3) is 13.2. The summed E-state index contributed by atoms with van der Waals surface area (Å²) in [6.07, 6.45) is 1.53. The quantitative estimate of drug-likeness (QED) is 0.0696. The van der Waals surface area contributed by atoms with Crippen LogP contribution >= 0.6 is 0 Å². The lowest BCUT2D eigenvalue weighted by Crippen LogP contribution is -2.42. The zero-order valence-electron chi connectivity index (χ0n) is 25.8. The van der Waals surface area contributed by atoms with Gasteiger partial charge in [-0.2, -0.15) is 0 Å². The zero-order valence-corrected chi connectivity index (χ0v) is 25.8. The van der Waals surface area contributed by atoms with E-state index < -0.39 is 35.8 Å². The molecule has 0 spiro atoms. The molecular formula is C34H37N3O9. The van der Waals surface area contributed by atoms with Crippen LogP contribution in [0, 0.1) is 5.41 Å². The lowest BCUT2D eigenvalue weighted by atomic mass is 10.1. The number of aliphatic carboxylic acids is 1. The maximum atomic E-state index is 12.9. The summed E-state index contributed by atoms with van der Waals surface area (Å²) in [5.74, 6) is -2.84. The second-order valence-electron chi connectivity index (χ2n) is 9.76. The Morgan fingerprint density at radius 2 is 1.48 bits per heavy atom. The molecule has 0 bridgehead atoms. The van der Waals surface area contributed by atoms with E-state index in [4.69, 9.17) is 35.3 Å². The number of carbonyl (C=O) groups excluding carboxylic acids is 4. The fourth-order valence-corrected chi connectivity index (χ4v) is 3.74. The van der Waals surface area contributed by atoms with Crippen molar-refractivity contribution in [3.63, 3.8) is 0 Å². The fourth-order valence-electron chi connectivity index (χ4n) is 3.74. The number of amidine groups is 1. The number of nitrogens with two attached hydrogens (primary N) is 1. The maximum Gasteiger partial charge on any atom is 0.343 e. The number of benzene rings is 3. The molecule has 1 atom stereocenters.